The molecule has 100 valence electrons. The number of pyridine rings is 1. The van der Waals surface area contributed by atoms with Crippen LogP contribution in [0.25, 0.3) is 0 Å². The number of hydrogen-bond acceptors (Lipinski definition) is 2. The first-order valence-corrected chi connectivity index (χ1v) is 7.05. The van der Waals surface area contributed by atoms with E-state index in [4.69, 9.17) is 0 Å². The minimum atomic E-state index is -0.114. The van der Waals surface area contributed by atoms with Gasteiger partial charge in [-0.05, 0) is 30.9 Å². The van der Waals surface area contributed by atoms with E-state index < -0.39 is 0 Å². The second-order valence-electron chi connectivity index (χ2n) is 5.74. The van der Waals surface area contributed by atoms with Gasteiger partial charge in [0.15, 0.2) is 0 Å². The first kappa shape index (κ1) is 15.2. The van der Waals surface area contributed by atoms with Crippen LogP contribution in [0.3, 0.4) is 0 Å². The quantitative estimate of drug-likeness (QED) is 0.867. The number of alkyl halides is 1. The average Bonchev–Trinajstić information content (AvgIpc) is 2.23. The van der Waals surface area contributed by atoms with E-state index in [9.17, 15) is 4.79 Å². The van der Waals surface area contributed by atoms with E-state index in [2.05, 4.69) is 47.0 Å². The summed E-state index contributed by atoms with van der Waals surface area (Å²) >= 11 is 3.59. The summed E-state index contributed by atoms with van der Waals surface area (Å²) in [7, 11) is 0. The predicted octanol–water partition coefficient (Wildman–Crippen LogP) is 3.32. The maximum atomic E-state index is 11.9. The van der Waals surface area contributed by atoms with Gasteiger partial charge in [0.25, 0.3) is 5.91 Å². The van der Waals surface area contributed by atoms with Crippen molar-refractivity contribution < 1.29 is 4.79 Å². The number of nitrogens with zero attached hydrogens (tertiary/aromatic N) is 1. The van der Waals surface area contributed by atoms with Crippen LogP contribution in [0.2, 0.25) is 0 Å². The second kappa shape index (κ2) is 6.32. The van der Waals surface area contributed by atoms with Crippen molar-refractivity contribution in [3.63, 3.8) is 0 Å². The lowest BCUT2D eigenvalue weighted by Crippen LogP contribution is -2.32. The molecule has 1 atom stereocenters. The maximum absolute atomic E-state index is 11.9. The van der Waals surface area contributed by atoms with E-state index in [1.165, 1.54) is 0 Å². The van der Waals surface area contributed by atoms with Crippen LogP contribution in [0.4, 0.5) is 0 Å². The molecule has 1 rings (SSSR count). The number of rotatable bonds is 4. The van der Waals surface area contributed by atoms with E-state index in [0.29, 0.717) is 12.2 Å². The molecule has 0 aliphatic heterocycles. The third-order valence-corrected chi connectivity index (χ3v) is 3.09. The van der Waals surface area contributed by atoms with Crippen LogP contribution < -0.4 is 5.32 Å². The fraction of sp³-hybridized carbons (Fsp3) is 0.571. The fourth-order valence-electron chi connectivity index (χ4n) is 1.70. The number of nitrogens with one attached hydrogen (secondary N) is 1. The maximum Gasteiger partial charge on any atom is 0.269 e. The van der Waals surface area contributed by atoms with Crippen LogP contribution in [0.5, 0.6) is 0 Å². The summed E-state index contributed by atoms with van der Waals surface area (Å²) in [6, 6.07) is 5.46. The molecule has 1 heterocycles. The second-order valence-corrected chi connectivity index (χ2v) is 7.03. The van der Waals surface area contributed by atoms with Gasteiger partial charge in [-0.2, -0.15) is 0 Å². The summed E-state index contributed by atoms with van der Waals surface area (Å²) in [4.78, 5) is 16.4. The largest absolute Gasteiger partial charge is 0.350 e. The van der Waals surface area contributed by atoms with Crippen molar-refractivity contribution in [1.29, 1.82) is 0 Å². The molecule has 0 radical (unpaired) electrons. The Morgan fingerprint density at radius 2 is 2.11 bits per heavy atom. The molecule has 3 nitrogen and oxygen atoms in total. The monoisotopic (exact) mass is 312 g/mol. The van der Waals surface area contributed by atoms with Crippen LogP contribution >= 0.6 is 15.9 Å². The lowest BCUT2D eigenvalue weighted by atomic mass is 9.90. The molecule has 0 saturated carbocycles. The highest BCUT2D eigenvalue weighted by molar-refractivity contribution is 9.09. The molecule has 0 aliphatic carbocycles. The number of hydrogen-bond donors (Lipinski definition) is 1. The summed E-state index contributed by atoms with van der Waals surface area (Å²) in [6.07, 6.45) is 1.01. The molecule has 0 saturated heterocycles. The average molecular weight is 313 g/mol. The molecular formula is C14H21BrN2O. The minimum Gasteiger partial charge on any atom is -0.350 e. The molecule has 1 unspecified atom stereocenters. The van der Waals surface area contributed by atoms with E-state index in [1.54, 1.807) is 6.07 Å². The summed E-state index contributed by atoms with van der Waals surface area (Å²) in [6.45, 7) is 9.05. The molecule has 1 amide bonds. The van der Waals surface area contributed by atoms with Crippen molar-refractivity contribution >= 4 is 21.8 Å². The van der Waals surface area contributed by atoms with E-state index in [0.717, 1.165) is 12.1 Å². The number of aromatic nitrogens is 1. The van der Waals surface area contributed by atoms with Gasteiger partial charge in [-0.15, -0.1) is 0 Å². The Morgan fingerprint density at radius 1 is 1.44 bits per heavy atom. The highest BCUT2D eigenvalue weighted by Gasteiger charge is 2.17. The summed E-state index contributed by atoms with van der Waals surface area (Å²) < 4.78 is 0. The molecule has 1 N–H and O–H groups in total. The zero-order chi connectivity index (χ0) is 13.8. The predicted molar refractivity (Wildman–Crippen MR) is 78.1 cm³/mol. The van der Waals surface area contributed by atoms with Crippen LogP contribution in [0.15, 0.2) is 18.2 Å². The van der Waals surface area contributed by atoms with Crippen molar-refractivity contribution in [1.82, 2.24) is 10.3 Å². The van der Waals surface area contributed by atoms with Gasteiger partial charge in [0.1, 0.15) is 5.69 Å². The Hall–Kier alpha value is -0.900. The Kier molecular flexibility index (Phi) is 5.32. The smallest absolute Gasteiger partial charge is 0.269 e. The standard InChI is InChI=1S/C14H21BrN2O/c1-10-6-5-7-12(17-10)13(18)16-9-11(15)8-14(2,3)4/h5-7,11H,8-9H2,1-4H3,(H,16,18). The first-order valence-electron chi connectivity index (χ1n) is 6.14. The zero-order valence-electron chi connectivity index (χ0n) is 11.5. The summed E-state index contributed by atoms with van der Waals surface area (Å²) in [5.74, 6) is -0.114. The van der Waals surface area contributed by atoms with Crippen molar-refractivity contribution in [3.05, 3.63) is 29.6 Å². The molecule has 4 heteroatoms. The number of carbonyl (C=O) groups is 1. The molecule has 1 aromatic heterocycles. The van der Waals surface area contributed by atoms with Gasteiger partial charge in [-0.3, -0.25) is 4.79 Å². The molecular weight excluding hydrogens is 292 g/mol. The van der Waals surface area contributed by atoms with Gasteiger partial charge in [0.2, 0.25) is 0 Å². The number of aryl methyl sites for hydroxylation is 1. The molecule has 0 aliphatic rings. The van der Waals surface area contributed by atoms with Crippen LogP contribution in [0, 0.1) is 12.3 Å². The molecule has 0 bridgehead atoms. The summed E-state index contributed by atoms with van der Waals surface area (Å²) in [5.41, 5.74) is 1.58. The topological polar surface area (TPSA) is 42.0 Å². The van der Waals surface area contributed by atoms with Gasteiger partial charge in [-0.1, -0.05) is 42.8 Å². The Balaban J connectivity index is 2.47. The van der Waals surface area contributed by atoms with Gasteiger partial charge >= 0.3 is 0 Å². The normalized spacial score (nSPS) is 13.2. The van der Waals surface area contributed by atoms with Crippen molar-refractivity contribution in [2.75, 3.05) is 6.54 Å². The van der Waals surface area contributed by atoms with Crippen LogP contribution in [-0.2, 0) is 0 Å². The molecule has 0 spiro atoms. The summed E-state index contributed by atoms with van der Waals surface area (Å²) in [5, 5.41) is 2.90. The Labute approximate surface area is 118 Å². The lowest BCUT2D eigenvalue weighted by Gasteiger charge is -2.22. The van der Waals surface area contributed by atoms with E-state index in [-0.39, 0.29) is 16.1 Å². The third kappa shape index (κ3) is 5.63. The highest BCUT2D eigenvalue weighted by atomic mass is 79.9. The molecule has 0 aromatic carbocycles. The van der Waals surface area contributed by atoms with Crippen molar-refractivity contribution in [2.45, 2.75) is 38.9 Å². The van der Waals surface area contributed by atoms with E-state index in [1.807, 2.05) is 19.1 Å². The first-order chi connectivity index (χ1) is 8.28. The SMILES string of the molecule is Cc1cccc(C(=O)NCC(Br)CC(C)(C)C)n1. The Morgan fingerprint density at radius 3 is 2.67 bits per heavy atom. The third-order valence-electron chi connectivity index (χ3n) is 2.44. The minimum absolute atomic E-state index is 0.114. The van der Waals surface area contributed by atoms with Crippen molar-refractivity contribution in [2.24, 2.45) is 5.41 Å². The zero-order valence-corrected chi connectivity index (χ0v) is 13.0. The van der Waals surface area contributed by atoms with Crippen LogP contribution in [0.1, 0.15) is 43.4 Å². The highest BCUT2D eigenvalue weighted by Crippen LogP contribution is 2.24. The van der Waals surface area contributed by atoms with Crippen LogP contribution in [-0.4, -0.2) is 22.3 Å². The van der Waals surface area contributed by atoms with Crippen molar-refractivity contribution in [3.8, 4) is 0 Å². The molecule has 0 fully saturated rings. The number of halogens is 1. The number of amides is 1. The van der Waals surface area contributed by atoms with Gasteiger partial charge in [0, 0.05) is 17.1 Å². The molecule has 18 heavy (non-hydrogen) atoms. The Bertz CT molecular complexity index is 413. The number of carbonyl (C=O) groups excluding carboxylic acids is 1. The molecule has 1 aromatic rings. The fourth-order valence-corrected chi connectivity index (χ4v) is 2.83. The van der Waals surface area contributed by atoms with Gasteiger partial charge in [0.05, 0.1) is 0 Å². The van der Waals surface area contributed by atoms with Gasteiger partial charge in [-0.25, -0.2) is 4.98 Å². The van der Waals surface area contributed by atoms with E-state index >= 15 is 0 Å². The lowest BCUT2D eigenvalue weighted by molar-refractivity contribution is 0.0947. The van der Waals surface area contributed by atoms with Gasteiger partial charge < -0.3 is 5.32 Å².